The standard InChI is InChI=1S/C14H18N4O/c1-9(2)13(8-15)18-14(19)10-3-4-11-12(7-10)17-6-5-16-11/h3-7,9,13H,8,15H2,1-2H3,(H,18,19). The van der Waals surface area contributed by atoms with Gasteiger partial charge < -0.3 is 11.1 Å². The van der Waals surface area contributed by atoms with Crippen LogP contribution in [0.3, 0.4) is 0 Å². The van der Waals surface area contributed by atoms with Gasteiger partial charge in [-0.25, -0.2) is 0 Å². The molecule has 0 saturated heterocycles. The fourth-order valence-corrected chi connectivity index (χ4v) is 1.85. The summed E-state index contributed by atoms with van der Waals surface area (Å²) >= 11 is 0. The molecule has 2 rings (SSSR count). The molecule has 0 aliphatic rings. The SMILES string of the molecule is CC(C)C(CN)NC(=O)c1ccc2nccnc2c1. The van der Waals surface area contributed by atoms with Crippen molar-refractivity contribution in [3.63, 3.8) is 0 Å². The highest BCUT2D eigenvalue weighted by molar-refractivity contribution is 5.97. The van der Waals surface area contributed by atoms with Crippen LogP contribution in [0, 0.1) is 5.92 Å². The number of hydrogen-bond donors (Lipinski definition) is 2. The number of nitrogens with zero attached hydrogens (tertiary/aromatic N) is 2. The Morgan fingerprint density at radius 3 is 2.58 bits per heavy atom. The number of fused-ring (bicyclic) bond motifs is 1. The van der Waals surface area contributed by atoms with Crippen molar-refractivity contribution >= 4 is 16.9 Å². The predicted molar refractivity (Wildman–Crippen MR) is 74.7 cm³/mol. The van der Waals surface area contributed by atoms with Crippen LogP contribution in [0.4, 0.5) is 0 Å². The van der Waals surface area contributed by atoms with Gasteiger partial charge in [0.05, 0.1) is 11.0 Å². The van der Waals surface area contributed by atoms with E-state index in [9.17, 15) is 4.79 Å². The lowest BCUT2D eigenvalue weighted by Gasteiger charge is -2.20. The molecular weight excluding hydrogens is 240 g/mol. The summed E-state index contributed by atoms with van der Waals surface area (Å²) in [6.45, 7) is 4.49. The first-order valence-electron chi connectivity index (χ1n) is 6.33. The molecule has 0 spiro atoms. The Morgan fingerprint density at radius 2 is 1.95 bits per heavy atom. The Kier molecular flexibility index (Phi) is 4.06. The summed E-state index contributed by atoms with van der Waals surface area (Å²) in [7, 11) is 0. The molecule has 0 fully saturated rings. The van der Waals surface area contributed by atoms with Gasteiger partial charge in [-0.05, 0) is 24.1 Å². The molecule has 19 heavy (non-hydrogen) atoms. The summed E-state index contributed by atoms with van der Waals surface area (Å²) in [5.41, 5.74) is 7.72. The predicted octanol–water partition coefficient (Wildman–Crippen LogP) is 1.34. The second-order valence-corrected chi connectivity index (χ2v) is 4.82. The molecule has 0 radical (unpaired) electrons. The first-order chi connectivity index (χ1) is 9.11. The van der Waals surface area contributed by atoms with E-state index in [2.05, 4.69) is 15.3 Å². The van der Waals surface area contributed by atoms with Gasteiger partial charge in [0.25, 0.3) is 5.91 Å². The molecule has 0 bridgehead atoms. The second kappa shape index (κ2) is 5.75. The molecule has 0 aliphatic heterocycles. The highest BCUT2D eigenvalue weighted by Crippen LogP contribution is 2.11. The van der Waals surface area contributed by atoms with Gasteiger partial charge in [0.2, 0.25) is 0 Å². The Hall–Kier alpha value is -2.01. The van der Waals surface area contributed by atoms with Crippen LogP contribution in [0.2, 0.25) is 0 Å². The van der Waals surface area contributed by atoms with Gasteiger partial charge >= 0.3 is 0 Å². The Bertz CT molecular complexity index is 582. The lowest BCUT2D eigenvalue weighted by atomic mass is 10.0. The third kappa shape index (κ3) is 3.06. The van der Waals surface area contributed by atoms with Gasteiger partial charge in [-0.3, -0.25) is 14.8 Å². The van der Waals surface area contributed by atoms with Gasteiger partial charge in [-0.15, -0.1) is 0 Å². The minimum absolute atomic E-state index is 0.0231. The number of rotatable bonds is 4. The van der Waals surface area contributed by atoms with Crippen LogP contribution in [0.15, 0.2) is 30.6 Å². The number of hydrogen-bond acceptors (Lipinski definition) is 4. The van der Waals surface area contributed by atoms with Crippen LogP contribution < -0.4 is 11.1 Å². The summed E-state index contributed by atoms with van der Waals surface area (Å²) in [5.74, 6) is 0.172. The minimum Gasteiger partial charge on any atom is -0.348 e. The number of benzene rings is 1. The van der Waals surface area contributed by atoms with Gasteiger partial charge in [0, 0.05) is 30.5 Å². The smallest absolute Gasteiger partial charge is 0.251 e. The highest BCUT2D eigenvalue weighted by Gasteiger charge is 2.15. The summed E-state index contributed by atoms with van der Waals surface area (Å²) in [4.78, 5) is 20.5. The van der Waals surface area contributed by atoms with E-state index >= 15 is 0 Å². The van der Waals surface area contributed by atoms with E-state index in [0.717, 1.165) is 5.52 Å². The van der Waals surface area contributed by atoms with Crippen molar-refractivity contribution in [2.24, 2.45) is 11.7 Å². The van der Waals surface area contributed by atoms with Gasteiger partial charge in [0.15, 0.2) is 0 Å². The Balaban J connectivity index is 2.21. The van der Waals surface area contributed by atoms with E-state index in [-0.39, 0.29) is 11.9 Å². The lowest BCUT2D eigenvalue weighted by Crippen LogP contribution is -2.43. The first kappa shape index (κ1) is 13.4. The number of nitrogens with one attached hydrogen (secondary N) is 1. The number of carbonyl (C=O) groups is 1. The molecule has 2 aromatic rings. The third-order valence-electron chi connectivity index (χ3n) is 3.11. The van der Waals surface area contributed by atoms with E-state index in [1.54, 1.807) is 30.6 Å². The van der Waals surface area contributed by atoms with Crippen LogP contribution in [-0.4, -0.2) is 28.5 Å². The van der Waals surface area contributed by atoms with Crippen molar-refractivity contribution < 1.29 is 4.79 Å². The molecule has 0 aliphatic carbocycles. The number of carbonyl (C=O) groups excluding carboxylic acids is 1. The molecule has 1 atom stereocenters. The van der Waals surface area contributed by atoms with Crippen molar-refractivity contribution in [3.8, 4) is 0 Å². The topological polar surface area (TPSA) is 80.9 Å². The zero-order chi connectivity index (χ0) is 13.8. The van der Waals surface area contributed by atoms with E-state index in [1.807, 2.05) is 13.8 Å². The second-order valence-electron chi connectivity index (χ2n) is 4.82. The van der Waals surface area contributed by atoms with Crippen LogP contribution >= 0.6 is 0 Å². The Labute approximate surface area is 112 Å². The number of amides is 1. The molecule has 100 valence electrons. The van der Waals surface area contributed by atoms with E-state index in [0.29, 0.717) is 23.5 Å². The third-order valence-corrected chi connectivity index (χ3v) is 3.11. The average Bonchev–Trinajstić information content (AvgIpc) is 2.43. The van der Waals surface area contributed by atoms with Crippen LogP contribution in [0.1, 0.15) is 24.2 Å². The van der Waals surface area contributed by atoms with Crippen LogP contribution in [0.25, 0.3) is 11.0 Å². The molecule has 5 nitrogen and oxygen atoms in total. The minimum atomic E-state index is -0.128. The van der Waals surface area contributed by atoms with Crippen molar-refractivity contribution in [1.82, 2.24) is 15.3 Å². The number of aromatic nitrogens is 2. The van der Waals surface area contributed by atoms with Crippen molar-refractivity contribution in [3.05, 3.63) is 36.2 Å². The maximum atomic E-state index is 12.1. The molecule has 1 heterocycles. The van der Waals surface area contributed by atoms with Gasteiger partial charge in [-0.2, -0.15) is 0 Å². The fraction of sp³-hybridized carbons (Fsp3) is 0.357. The molecule has 1 aromatic carbocycles. The van der Waals surface area contributed by atoms with E-state index in [4.69, 9.17) is 5.73 Å². The molecule has 1 unspecified atom stereocenters. The van der Waals surface area contributed by atoms with Gasteiger partial charge in [0.1, 0.15) is 0 Å². The van der Waals surface area contributed by atoms with Crippen molar-refractivity contribution in [2.45, 2.75) is 19.9 Å². The maximum Gasteiger partial charge on any atom is 0.251 e. The van der Waals surface area contributed by atoms with Crippen LogP contribution in [-0.2, 0) is 0 Å². The van der Waals surface area contributed by atoms with Gasteiger partial charge in [-0.1, -0.05) is 13.8 Å². The lowest BCUT2D eigenvalue weighted by molar-refractivity contribution is 0.0928. The number of nitrogens with two attached hydrogens (primary N) is 1. The van der Waals surface area contributed by atoms with E-state index in [1.165, 1.54) is 0 Å². The molecule has 0 saturated carbocycles. The normalized spacial score (nSPS) is 12.6. The molecule has 1 amide bonds. The molecule has 1 aromatic heterocycles. The summed E-state index contributed by atoms with van der Waals surface area (Å²) in [5, 5.41) is 2.93. The molecular formula is C14H18N4O. The summed E-state index contributed by atoms with van der Waals surface area (Å²) < 4.78 is 0. The Morgan fingerprint density at radius 1 is 1.26 bits per heavy atom. The first-order valence-corrected chi connectivity index (χ1v) is 6.33. The van der Waals surface area contributed by atoms with E-state index < -0.39 is 0 Å². The van der Waals surface area contributed by atoms with Crippen molar-refractivity contribution in [1.29, 1.82) is 0 Å². The quantitative estimate of drug-likeness (QED) is 0.867. The zero-order valence-electron chi connectivity index (χ0n) is 11.1. The molecule has 3 N–H and O–H groups in total. The van der Waals surface area contributed by atoms with Crippen molar-refractivity contribution in [2.75, 3.05) is 6.54 Å². The summed E-state index contributed by atoms with van der Waals surface area (Å²) in [6.07, 6.45) is 3.24. The fourth-order valence-electron chi connectivity index (χ4n) is 1.85. The highest BCUT2D eigenvalue weighted by atomic mass is 16.1. The van der Waals surface area contributed by atoms with Crippen LogP contribution in [0.5, 0.6) is 0 Å². The zero-order valence-corrected chi connectivity index (χ0v) is 11.1. The molecule has 5 heteroatoms. The average molecular weight is 258 g/mol. The summed E-state index contributed by atoms with van der Waals surface area (Å²) in [6, 6.07) is 5.26. The largest absolute Gasteiger partial charge is 0.348 e. The monoisotopic (exact) mass is 258 g/mol. The maximum absolute atomic E-state index is 12.1.